The molecule has 0 aromatic heterocycles. The molecular formula is C12H14ClFO2. The van der Waals surface area contributed by atoms with Crippen molar-refractivity contribution in [1.29, 1.82) is 0 Å². The van der Waals surface area contributed by atoms with E-state index in [1.807, 2.05) is 0 Å². The zero-order chi connectivity index (χ0) is 12.1. The Morgan fingerprint density at radius 2 is 2.25 bits per heavy atom. The number of ketones is 1. The van der Waals surface area contributed by atoms with Crippen molar-refractivity contribution >= 4 is 17.4 Å². The Labute approximate surface area is 99.0 Å². The molecule has 0 saturated carbocycles. The Morgan fingerprint density at radius 3 is 2.81 bits per heavy atom. The van der Waals surface area contributed by atoms with Crippen molar-refractivity contribution in [3.8, 4) is 0 Å². The highest BCUT2D eigenvalue weighted by atomic mass is 35.5. The Bertz CT molecular complexity index is 379. The summed E-state index contributed by atoms with van der Waals surface area (Å²) < 4.78 is 13.0. The maximum absolute atomic E-state index is 13.0. The molecule has 0 aliphatic carbocycles. The van der Waals surface area contributed by atoms with E-state index in [0.29, 0.717) is 23.4 Å². The number of aliphatic hydroxyl groups excluding tert-OH is 1. The number of Topliss-reactive ketones (excluding diaryl/α,β-unsaturated/α-hetero) is 1. The third kappa shape index (κ3) is 3.58. The molecule has 0 aliphatic heterocycles. The predicted molar refractivity (Wildman–Crippen MR) is 61.0 cm³/mol. The fourth-order valence-electron chi connectivity index (χ4n) is 1.57. The number of carbonyl (C=O) groups is 1. The first-order valence-electron chi connectivity index (χ1n) is 5.10. The molecule has 0 aliphatic rings. The molecule has 0 heterocycles. The smallest absolute Gasteiger partial charge is 0.133 e. The number of aliphatic hydroxyl groups is 1. The predicted octanol–water partition coefficient (Wildman–Crippen LogP) is 2.61. The lowest BCUT2D eigenvalue weighted by atomic mass is 9.93. The summed E-state index contributed by atoms with van der Waals surface area (Å²) in [4.78, 5) is 11.3. The zero-order valence-corrected chi connectivity index (χ0v) is 9.80. The number of hydrogen-bond acceptors (Lipinski definition) is 2. The third-order valence-electron chi connectivity index (χ3n) is 2.53. The van der Waals surface area contributed by atoms with Crippen LogP contribution in [-0.2, 0) is 11.2 Å². The van der Waals surface area contributed by atoms with Crippen LogP contribution in [0.15, 0.2) is 18.2 Å². The first-order chi connectivity index (χ1) is 7.54. The average molecular weight is 245 g/mol. The van der Waals surface area contributed by atoms with Crippen LogP contribution >= 0.6 is 11.6 Å². The fraction of sp³-hybridized carbons (Fsp3) is 0.417. The highest BCUT2D eigenvalue weighted by Crippen LogP contribution is 2.22. The molecular weight excluding hydrogens is 231 g/mol. The molecule has 0 amide bonds. The van der Waals surface area contributed by atoms with Gasteiger partial charge in [-0.15, -0.1) is 0 Å². The van der Waals surface area contributed by atoms with Crippen molar-refractivity contribution in [1.82, 2.24) is 0 Å². The summed E-state index contributed by atoms with van der Waals surface area (Å²) in [6.45, 7) is 1.41. The highest BCUT2D eigenvalue weighted by molar-refractivity contribution is 6.31. The highest BCUT2D eigenvalue weighted by Gasteiger charge is 2.16. The van der Waals surface area contributed by atoms with Crippen molar-refractivity contribution in [2.24, 2.45) is 5.92 Å². The Balaban J connectivity index is 2.84. The van der Waals surface area contributed by atoms with E-state index in [1.54, 1.807) is 0 Å². The van der Waals surface area contributed by atoms with E-state index in [1.165, 1.54) is 25.1 Å². The van der Waals surface area contributed by atoms with E-state index >= 15 is 0 Å². The van der Waals surface area contributed by atoms with Crippen LogP contribution in [0.2, 0.25) is 5.02 Å². The largest absolute Gasteiger partial charge is 0.396 e. The number of hydrogen-bond donors (Lipinski definition) is 1. The van der Waals surface area contributed by atoms with Crippen molar-refractivity contribution in [2.45, 2.75) is 19.8 Å². The van der Waals surface area contributed by atoms with Gasteiger partial charge < -0.3 is 5.11 Å². The number of benzene rings is 1. The Kier molecular flexibility index (Phi) is 4.90. The Morgan fingerprint density at radius 1 is 1.56 bits per heavy atom. The summed E-state index contributed by atoms with van der Waals surface area (Å²) in [5.41, 5.74) is 0.607. The van der Waals surface area contributed by atoms with Gasteiger partial charge in [0.1, 0.15) is 11.6 Å². The molecule has 0 spiro atoms. The van der Waals surface area contributed by atoms with Crippen LogP contribution in [0.1, 0.15) is 18.9 Å². The summed E-state index contributed by atoms with van der Waals surface area (Å²) in [7, 11) is 0. The van der Waals surface area contributed by atoms with Crippen LogP contribution in [0.3, 0.4) is 0 Å². The van der Waals surface area contributed by atoms with Gasteiger partial charge in [-0.3, -0.25) is 4.79 Å². The van der Waals surface area contributed by atoms with Gasteiger partial charge in [-0.05, 0) is 43.5 Å². The van der Waals surface area contributed by atoms with Crippen LogP contribution in [0.25, 0.3) is 0 Å². The van der Waals surface area contributed by atoms with E-state index in [-0.39, 0.29) is 24.1 Å². The Hall–Kier alpha value is -0.930. The molecule has 1 rings (SSSR count). The van der Waals surface area contributed by atoms with Crippen molar-refractivity contribution in [2.75, 3.05) is 6.61 Å². The first-order valence-corrected chi connectivity index (χ1v) is 5.47. The van der Waals surface area contributed by atoms with Crippen LogP contribution in [0, 0.1) is 11.7 Å². The molecule has 0 fully saturated rings. The van der Waals surface area contributed by atoms with Crippen molar-refractivity contribution < 1.29 is 14.3 Å². The summed E-state index contributed by atoms with van der Waals surface area (Å²) in [5, 5.41) is 9.28. The van der Waals surface area contributed by atoms with E-state index in [2.05, 4.69) is 0 Å². The molecule has 0 bridgehead atoms. The molecule has 0 saturated heterocycles. The normalized spacial score (nSPS) is 12.5. The van der Waals surface area contributed by atoms with Gasteiger partial charge in [0.25, 0.3) is 0 Å². The number of carbonyl (C=O) groups excluding carboxylic acids is 1. The lowest BCUT2D eigenvalue weighted by molar-refractivity contribution is -0.121. The summed E-state index contributed by atoms with van der Waals surface area (Å²) >= 11 is 5.90. The minimum atomic E-state index is -0.370. The van der Waals surface area contributed by atoms with Crippen LogP contribution < -0.4 is 0 Å². The standard InChI is InChI=1S/C12H14ClFO2/c1-8(16)9(4-5-15)6-10-7-11(14)2-3-12(10)13/h2-3,7,9,15H,4-6H2,1H3. The van der Waals surface area contributed by atoms with Crippen LogP contribution in [0.4, 0.5) is 4.39 Å². The molecule has 1 N–H and O–H groups in total. The second-order valence-electron chi connectivity index (χ2n) is 3.76. The van der Waals surface area contributed by atoms with Gasteiger partial charge in [-0.1, -0.05) is 11.6 Å². The lowest BCUT2D eigenvalue weighted by Gasteiger charge is -2.13. The molecule has 16 heavy (non-hydrogen) atoms. The van der Waals surface area contributed by atoms with Gasteiger partial charge >= 0.3 is 0 Å². The fourth-order valence-corrected chi connectivity index (χ4v) is 1.76. The van der Waals surface area contributed by atoms with Gasteiger partial charge in [-0.25, -0.2) is 4.39 Å². The monoisotopic (exact) mass is 244 g/mol. The molecule has 1 unspecified atom stereocenters. The minimum Gasteiger partial charge on any atom is -0.396 e. The van der Waals surface area contributed by atoms with Gasteiger partial charge in [0.05, 0.1) is 0 Å². The van der Waals surface area contributed by atoms with Gasteiger partial charge in [-0.2, -0.15) is 0 Å². The van der Waals surface area contributed by atoms with Crippen molar-refractivity contribution in [3.63, 3.8) is 0 Å². The molecule has 2 nitrogen and oxygen atoms in total. The summed E-state index contributed by atoms with van der Waals surface area (Å²) in [5.74, 6) is -0.690. The summed E-state index contributed by atoms with van der Waals surface area (Å²) in [6.07, 6.45) is 0.745. The molecule has 1 atom stereocenters. The third-order valence-corrected chi connectivity index (χ3v) is 2.90. The average Bonchev–Trinajstić information content (AvgIpc) is 2.22. The van der Waals surface area contributed by atoms with Gasteiger partial charge in [0.2, 0.25) is 0 Å². The molecule has 4 heteroatoms. The maximum Gasteiger partial charge on any atom is 0.133 e. The second kappa shape index (κ2) is 5.97. The zero-order valence-electron chi connectivity index (χ0n) is 9.04. The van der Waals surface area contributed by atoms with Crippen LogP contribution in [0.5, 0.6) is 0 Å². The lowest BCUT2D eigenvalue weighted by Crippen LogP contribution is -2.16. The maximum atomic E-state index is 13.0. The van der Waals surface area contributed by atoms with E-state index in [0.717, 1.165) is 0 Å². The van der Waals surface area contributed by atoms with Crippen molar-refractivity contribution in [3.05, 3.63) is 34.6 Å². The molecule has 0 radical (unpaired) electrons. The van der Waals surface area contributed by atoms with E-state index in [9.17, 15) is 9.18 Å². The number of halogens is 2. The number of rotatable bonds is 5. The summed E-state index contributed by atoms with van der Waals surface area (Å²) in [6, 6.07) is 4.08. The van der Waals surface area contributed by atoms with Gasteiger partial charge in [0.15, 0.2) is 0 Å². The van der Waals surface area contributed by atoms with E-state index < -0.39 is 0 Å². The molecule has 1 aromatic carbocycles. The van der Waals surface area contributed by atoms with Gasteiger partial charge in [0, 0.05) is 17.5 Å². The molecule has 1 aromatic rings. The second-order valence-corrected chi connectivity index (χ2v) is 4.17. The van der Waals surface area contributed by atoms with E-state index in [4.69, 9.17) is 16.7 Å². The topological polar surface area (TPSA) is 37.3 Å². The quantitative estimate of drug-likeness (QED) is 0.865. The SMILES string of the molecule is CC(=O)C(CCO)Cc1cc(F)ccc1Cl. The minimum absolute atomic E-state index is 0.0191. The molecule has 88 valence electrons. The van der Waals surface area contributed by atoms with Crippen LogP contribution in [-0.4, -0.2) is 17.5 Å². The first kappa shape index (κ1) is 13.1.